The number of benzene rings is 1. The third kappa shape index (κ3) is 3.27. The van der Waals surface area contributed by atoms with E-state index in [1.165, 1.54) is 6.07 Å². The molecule has 0 bridgehead atoms. The Balaban J connectivity index is 1.93. The fourth-order valence-electron chi connectivity index (χ4n) is 2.14. The van der Waals surface area contributed by atoms with Gasteiger partial charge in [0.05, 0.1) is 5.02 Å². The summed E-state index contributed by atoms with van der Waals surface area (Å²) in [4.78, 5) is 12.9. The number of rotatable bonds is 3. The molecule has 2 rings (SSSR count). The minimum Gasteiger partial charge on any atom is -0.303 e. The van der Waals surface area contributed by atoms with Crippen LogP contribution in [0.4, 0.5) is 4.39 Å². The molecule has 0 N–H and O–H groups in total. The maximum atomic E-state index is 13.3. The number of aldehydes is 1. The van der Waals surface area contributed by atoms with Gasteiger partial charge in [-0.25, -0.2) is 4.39 Å². The molecule has 1 heterocycles. The van der Waals surface area contributed by atoms with E-state index in [4.69, 9.17) is 11.6 Å². The number of carbonyl (C=O) groups is 1. The number of likely N-dealkylation sites (tertiary alicyclic amines) is 1. The first-order chi connectivity index (χ1) is 8.19. The highest BCUT2D eigenvalue weighted by molar-refractivity contribution is 6.30. The summed E-state index contributed by atoms with van der Waals surface area (Å²) in [7, 11) is 0. The normalized spacial score (nSPS) is 18.2. The lowest BCUT2D eigenvalue weighted by atomic mass is 9.98. The molecule has 92 valence electrons. The Kier molecular flexibility index (Phi) is 4.13. The van der Waals surface area contributed by atoms with Crippen molar-refractivity contribution in [3.8, 4) is 0 Å². The van der Waals surface area contributed by atoms with Crippen LogP contribution in [0.25, 0.3) is 0 Å². The number of carbonyl (C=O) groups excluding carboxylic acids is 1. The molecular weight excluding hydrogens is 241 g/mol. The van der Waals surface area contributed by atoms with Crippen LogP contribution in [0.15, 0.2) is 18.2 Å². The Bertz CT molecular complexity index is 402. The summed E-state index contributed by atoms with van der Waals surface area (Å²) in [5.41, 5.74) is 0.927. The van der Waals surface area contributed by atoms with Crippen LogP contribution < -0.4 is 0 Å². The van der Waals surface area contributed by atoms with Gasteiger partial charge in [-0.1, -0.05) is 17.7 Å². The minimum absolute atomic E-state index is 0.161. The van der Waals surface area contributed by atoms with Gasteiger partial charge < -0.3 is 4.79 Å². The van der Waals surface area contributed by atoms with Gasteiger partial charge in [0.2, 0.25) is 0 Å². The molecule has 0 unspecified atom stereocenters. The predicted molar refractivity (Wildman–Crippen MR) is 65.5 cm³/mol. The van der Waals surface area contributed by atoms with Gasteiger partial charge in [-0.15, -0.1) is 0 Å². The van der Waals surface area contributed by atoms with E-state index in [9.17, 15) is 9.18 Å². The van der Waals surface area contributed by atoms with Crippen LogP contribution in [0.5, 0.6) is 0 Å². The molecule has 0 radical (unpaired) electrons. The maximum absolute atomic E-state index is 13.3. The molecule has 0 atom stereocenters. The number of hydrogen-bond donors (Lipinski definition) is 0. The SMILES string of the molecule is O=CC1CCN(Cc2ccc(Cl)c(F)c2)CC1. The molecule has 2 nitrogen and oxygen atoms in total. The zero-order valence-corrected chi connectivity index (χ0v) is 10.3. The van der Waals surface area contributed by atoms with Gasteiger partial charge in [-0.05, 0) is 43.6 Å². The van der Waals surface area contributed by atoms with Crippen molar-refractivity contribution in [2.24, 2.45) is 5.92 Å². The highest BCUT2D eigenvalue weighted by Gasteiger charge is 2.18. The van der Waals surface area contributed by atoms with Gasteiger partial charge in [0.15, 0.2) is 0 Å². The van der Waals surface area contributed by atoms with Gasteiger partial charge in [-0.2, -0.15) is 0 Å². The number of piperidine rings is 1. The summed E-state index contributed by atoms with van der Waals surface area (Å²) in [6, 6.07) is 4.91. The van der Waals surface area contributed by atoms with Crippen molar-refractivity contribution in [2.75, 3.05) is 13.1 Å². The molecule has 0 amide bonds. The van der Waals surface area contributed by atoms with Crippen molar-refractivity contribution >= 4 is 17.9 Å². The zero-order chi connectivity index (χ0) is 12.3. The molecular formula is C13H15ClFNO. The Morgan fingerprint density at radius 1 is 1.41 bits per heavy atom. The van der Waals surface area contributed by atoms with Gasteiger partial charge >= 0.3 is 0 Å². The largest absolute Gasteiger partial charge is 0.303 e. The molecule has 0 aliphatic carbocycles. The summed E-state index contributed by atoms with van der Waals surface area (Å²) < 4.78 is 13.3. The lowest BCUT2D eigenvalue weighted by Crippen LogP contribution is -2.33. The van der Waals surface area contributed by atoms with Crippen molar-refractivity contribution in [3.05, 3.63) is 34.6 Å². The van der Waals surface area contributed by atoms with Crippen molar-refractivity contribution < 1.29 is 9.18 Å². The van der Waals surface area contributed by atoms with Crippen LogP contribution in [0, 0.1) is 11.7 Å². The van der Waals surface area contributed by atoms with Gasteiger partial charge in [0.25, 0.3) is 0 Å². The molecule has 1 aliphatic heterocycles. The molecule has 1 aliphatic rings. The smallest absolute Gasteiger partial charge is 0.142 e. The van der Waals surface area contributed by atoms with Crippen molar-refractivity contribution in [2.45, 2.75) is 19.4 Å². The minimum atomic E-state index is -0.369. The first-order valence-corrected chi connectivity index (χ1v) is 6.18. The Morgan fingerprint density at radius 3 is 2.71 bits per heavy atom. The number of halogens is 2. The average molecular weight is 256 g/mol. The van der Waals surface area contributed by atoms with Crippen LogP contribution in [0.3, 0.4) is 0 Å². The van der Waals surface area contributed by atoms with E-state index in [-0.39, 0.29) is 16.8 Å². The van der Waals surface area contributed by atoms with Crippen molar-refractivity contribution in [1.82, 2.24) is 4.90 Å². The second-order valence-electron chi connectivity index (χ2n) is 4.50. The van der Waals surface area contributed by atoms with Crippen molar-refractivity contribution in [3.63, 3.8) is 0 Å². The summed E-state index contributed by atoms with van der Waals surface area (Å²) >= 11 is 5.63. The average Bonchev–Trinajstić information content (AvgIpc) is 2.35. The molecule has 1 fully saturated rings. The van der Waals surface area contributed by atoms with Crippen LogP contribution in [-0.4, -0.2) is 24.3 Å². The molecule has 4 heteroatoms. The molecule has 1 aromatic rings. The summed E-state index contributed by atoms with van der Waals surface area (Å²) in [5, 5.41) is 0.161. The van der Waals surface area contributed by atoms with Crippen LogP contribution >= 0.6 is 11.6 Å². The second kappa shape index (κ2) is 5.61. The van der Waals surface area contributed by atoms with Gasteiger partial charge in [-0.3, -0.25) is 4.90 Å². The maximum Gasteiger partial charge on any atom is 0.142 e. The van der Waals surface area contributed by atoms with Crippen LogP contribution in [-0.2, 0) is 11.3 Å². The Hall–Kier alpha value is -0.930. The summed E-state index contributed by atoms with van der Waals surface area (Å²) in [6.07, 6.45) is 2.85. The zero-order valence-electron chi connectivity index (χ0n) is 9.53. The fourth-order valence-corrected chi connectivity index (χ4v) is 2.26. The van der Waals surface area contributed by atoms with E-state index < -0.39 is 0 Å². The molecule has 1 saturated heterocycles. The standard InChI is InChI=1S/C13H15ClFNO/c14-12-2-1-11(7-13(12)15)8-16-5-3-10(9-17)4-6-16/h1-2,7,9-10H,3-6,8H2. The van der Waals surface area contributed by atoms with E-state index in [0.29, 0.717) is 0 Å². The highest BCUT2D eigenvalue weighted by atomic mass is 35.5. The predicted octanol–water partition coefficient (Wildman–Crippen LogP) is 2.89. The second-order valence-corrected chi connectivity index (χ2v) is 4.91. The molecule has 1 aromatic carbocycles. The first kappa shape index (κ1) is 12.5. The van der Waals surface area contributed by atoms with E-state index in [0.717, 1.165) is 44.3 Å². The Labute approximate surface area is 105 Å². The van der Waals surface area contributed by atoms with E-state index >= 15 is 0 Å². The lowest BCUT2D eigenvalue weighted by molar-refractivity contribution is -0.112. The van der Waals surface area contributed by atoms with Gasteiger partial charge in [0, 0.05) is 12.5 Å². The molecule has 0 aromatic heterocycles. The Morgan fingerprint density at radius 2 is 2.12 bits per heavy atom. The third-order valence-electron chi connectivity index (χ3n) is 3.21. The third-order valence-corrected chi connectivity index (χ3v) is 3.52. The summed E-state index contributed by atoms with van der Waals surface area (Å²) in [6.45, 7) is 2.51. The lowest BCUT2D eigenvalue weighted by Gasteiger charge is -2.29. The van der Waals surface area contributed by atoms with E-state index in [2.05, 4.69) is 4.90 Å². The topological polar surface area (TPSA) is 20.3 Å². The van der Waals surface area contributed by atoms with Crippen LogP contribution in [0.1, 0.15) is 18.4 Å². The van der Waals surface area contributed by atoms with Gasteiger partial charge in [0.1, 0.15) is 12.1 Å². The molecule has 17 heavy (non-hydrogen) atoms. The fraction of sp³-hybridized carbons (Fsp3) is 0.462. The van der Waals surface area contributed by atoms with Crippen molar-refractivity contribution in [1.29, 1.82) is 0 Å². The quantitative estimate of drug-likeness (QED) is 0.774. The van der Waals surface area contributed by atoms with E-state index in [1.807, 2.05) is 6.07 Å². The first-order valence-electron chi connectivity index (χ1n) is 5.80. The number of nitrogens with zero attached hydrogens (tertiary/aromatic N) is 1. The van der Waals surface area contributed by atoms with Crippen LogP contribution in [0.2, 0.25) is 5.02 Å². The highest BCUT2D eigenvalue weighted by Crippen LogP contribution is 2.20. The molecule has 0 saturated carbocycles. The summed E-state index contributed by atoms with van der Waals surface area (Å²) in [5.74, 6) is -0.167. The number of hydrogen-bond acceptors (Lipinski definition) is 2. The van der Waals surface area contributed by atoms with E-state index in [1.54, 1.807) is 6.07 Å². The monoisotopic (exact) mass is 255 g/mol. The molecule has 0 spiro atoms.